The summed E-state index contributed by atoms with van der Waals surface area (Å²) in [6.07, 6.45) is 1.40. The number of hydrogen-bond donors (Lipinski definition) is 3. The van der Waals surface area contributed by atoms with Crippen molar-refractivity contribution < 1.29 is 14.9 Å². The van der Waals surface area contributed by atoms with Crippen molar-refractivity contribution in [2.45, 2.75) is 25.0 Å². The Labute approximate surface area is 94.7 Å². The number of ether oxygens (including phenoxy) is 1. The van der Waals surface area contributed by atoms with Crippen molar-refractivity contribution in [2.24, 2.45) is 11.7 Å². The molecule has 1 aromatic carbocycles. The molecule has 4 heteroatoms. The molecule has 1 aromatic rings. The summed E-state index contributed by atoms with van der Waals surface area (Å²) in [6, 6.07) is 4.38. The molecule has 0 bridgehead atoms. The van der Waals surface area contributed by atoms with Crippen molar-refractivity contribution in [3.63, 3.8) is 0 Å². The molecule has 16 heavy (non-hydrogen) atoms. The zero-order valence-corrected chi connectivity index (χ0v) is 9.26. The normalized spacial score (nSPS) is 19.2. The van der Waals surface area contributed by atoms with Crippen LogP contribution in [0.1, 0.15) is 24.4 Å². The van der Waals surface area contributed by atoms with Crippen LogP contribution >= 0.6 is 0 Å². The third-order valence-corrected chi connectivity index (χ3v) is 3.07. The highest BCUT2D eigenvalue weighted by molar-refractivity contribution is 5.46. The van der Waals surface area contributed by atoms with Gasteiger partial charge in [-0.05, 0) is 30.9 Å². The zero-order valence-electron chi connectivity index (χ0n) is 9.26. The van der Waals surface area contributed by atoms with E-state index in [9.17, 15) is 10.2 Å². The van der Waals surface area contributed by atoms with Crippen molar-refractivity contribution in [3.05, 3.63) is 23.8 Å². The highest BCUT2D eigenvalue weighted by Crippen LogP contribution is 2.41. The second kappa shape index (κ2) is 4.31. The largest absolute Gasteiger partial charge is 0.507 e. The van der Waals surface area contributed by atoms with Crippen LogP contribution in [0.2, 0.25) is 0 Å². The van der Waals surface area contributed by atoms with Crippen LogP contribution < -0.4 is 10.5 Å². The Morgan fingerprint density at radius 3 is 2.69 bits per heavy atom. The van der Waals surface area contributed by atoms with Gasteiger partial charge >= 0.3 is 0 Å². The maximum absolute atomic E-state index is 9.96. The van der Waals surface area contributed by atoms with Gasteiger partial charge in [0, 0.05) is 0 Å². The molecule has 0 unspecified atom stereocenters. The zero-order chi connectivity index (χ0) is 11.7. The molecule has 0 amide bonds. The molecule has 1 aliphatic rings. The van der Waals surface area contributed by atoms with Gasteiger partial charge in [0.15, 0.2) is 0 Å². The van der Waals surface area contributed by atoms with Gasteiger partial charge in [-0.1, -0.05) is 6.07 Å². The fourth-order valence-corrected chi connectivity index (χ4v) is 1.95. The van der Waals surface area contributed by atoms with Gasteiger partial charge in [0.2, 0.25) is 0 Å². The fraction of sp³-hybridized carbons (Fsp3) is 0.500. The second-order valence-corrected chi connectivity index (χ2v) is 4.25. The fourth-order valence-electron chi connectivity index (χ4n) is 1.95. The molecule has 0 saturated heterocycles. The van der Waals surface area contributed by atoms with Crippen molar-refractivity contribution in [2.75, 3.05) is 7.11 Å². The number of benzene rings is 1. The van der Waals surface area contributed by atoms with Crippen LogP contribution in [0.4, 0.5) is 0 Å². The number of phenols is 1. The average Bonchev–Trinajstić information content (AvgIpc) is 3.10. The van der Waals surface area contributed by atoms with E-state index in [4.69, 9.17) is 10.5 Å². The summed E-state index contributed by atoms with van der Waals surface area (Å²) in [6.45, 7) is 0. The van der Waals surface area contributed by atoms with Crippen molar-refractivity contribution in [1.29, 1.82) is 0 Å². The number of rotatable bonds is 4. The van der Waals surface area contributed by atoms with Crippen LogP contribution in [-0.2, 0) is 0 Å². The molecule has 2 rings (SSSR count). The molecule has 4 N–H and O–H groups in total. The van der Waals surface area contributed by atoms with Gasteiger partial charge in [-0.2, -0.15) is 0 Å². The number of methoxy groups -OCH3 is 1. The number of aliphatic hydroxyl groups excluding tert-OH is 1. The topological polar surface area (TPSA) is 75.7 Å². The molecular formula is C12H17NO3. The van der Waals surface area contributed by atoms with Gasteiger partial charge in [-0.3, -0.25) is 0 Å². The number of aliphatic hydroxyl groups is 1. The molecule has 2 atom stereocenters. The van der Waals surface area contributed by atoms with Gasteiger partial charge in [-0.25, -0.2) is 0 Å². The van der Waals surface area contributed by atoms with Crippen LogP contribution in [0.15, 0.2) is 18.2 Å². The lowest BCUT2D eigenvalue weighted by Gasteiger charge is -2.21. The van der Waals surface area contributed by atoms with Gasteiger partial charge < -0.3 is 20.7 Å². The molecule has 1 aliphatic carbocycles. The van der Waals surface area contributed by atoms with E-state index in [-0.39, 0.29) is 11.7 Å². The van der Waals surface area contributed by atoms with E-state index in [2.05, 4.69) is 0 Å². The average molecular weight is 223 g/mol. The number of hydrogen-bond acceptors (Lipinski definition) is 4. The van der Waals surface area contributed by atoms with E-state index in [0.29, 0.717) is 11.3 Å². The Hall–Kier alpha value is -1.26. The molecule has 4 nitrogen and oxygen atoms in total. The molecular weight excluding hydrogens is 206 g/mol. The number of aromatic hydroxyl groups is 1. The standard InChI is InChI=1S/C12H17NO3/c1-16-9-4-2-3-8(14)10(9)11(13)12(15)7-5-6-7/h2-4,7,11-12,14-15H,5-6,13H2,1H3/t11-,12+/m1/s1. The first-order valence-corrected chi connectivity index (χ1v) is 5.44. The lowest BCUT2D eigenvalue weighted by atomic mass is 9.97. The van der Waals surface area contributed by atoms with Crippen LogP contribution in [0.3, 0.4) is 0 Å². The summed E-state index contributed by atoms with van der Waals surface area (Å²) < 4.78 is 5.15. The Kier molecular flexibility index (Phi) is 3.03. The van der Waals surface area contributed by atoms with Crippen LogP contribution in [0, 0.1) is 5.92 Å². The smallest absolute Gasteiger partial charge is 0.127 e. The minimum Gasteiger partial charge on any atom is -0.507 e. The molecule has 0 spiro atoms. The first kappa shape index (κ1) is 11.2. The van der Waals surface area contributed by atoms with Crippen LogP contribution in [0.25, 0.3) is 0 Å². The van der Waals surface area contributed by atoms with E-state index in [1.54, 1.807) is 18.2 Å². The quantitative estimate of drug-likeness (QED) is 0.716. The highest BCUT2D eigenvalue weighted by atomic mass is 16.5. The lowest BCUT2D eigenvalue weighted by Crippen LogP contribution is -2.28. The summed E-state index contributed by atoms with van der Waals surface area (Å²) in [5, 5.41) is 19.7. The predicted molar refractivity (Wildman–Crippen MR) is 60.3 cm³/mol. The van der Waals surface area contributed by atoms with Gasteiger partial charge in [0.05, 0.1) is 24.8 Å². The molecule has 1 fully saturated rings. The summed E-state index contributed by atoms with van der Waals surface area (Å²) in [5.41, 5.74) is 6.46. The third-order valence-electron chi connectivity index (χ3n) is 3.07. The minimum atomic E-state index is -0.609. The second-order valence-electron chi connectivity index (χ2n) is 4.25. The first-order valence-electron chi connectivity index (χ1n) is 5.44. The molecule has 0 aliphatic heterocycles. The third kappa shape index (κ3) is 1.99. The van der Waals surface area contributed by atoms with Gasteiger partial charge in [0.25, 0.3) is 0 Å². The monoisotopic (exact) mass is 223 g/mol. The van der Waals surface area contributed by atoms with Gasteiger partial charge in [-0.15, -0.1) is 0 Å². The summed E-state index contributed by atoms with van der Waals surface area (Å²) >= 11 is 0. The maximum atomic E-state index is 9.96. The Bertz CT molecular complexity index is 377. The predicted octanol–water partition coefficient (Wildman–Crippen LogP) is 1.17. The summed E-state index contributed by atoms with van der Waals surface area (Å²) in [7, 11) is 1.52. The highest BCUT2D eigenvalue weighted by Gasteiger charge is 2.36. The Morgan fingerprint density at radius 1 is 1.44 bits per heavy atom. The molecule has 1 saturated carbocycles. The van der Waals surface area contributed by atoms with E-state index in [1.165, 1.54) is 7.11 Å². The molecule has 88 valence electrons. The summed E-state index contributed by atoms with van der Waals surface area (Å²) in [4.78, 5) is 0. The maximum Gasteiger partial charge on any atom is 0.127 e. The van der Waals surface area contributed by atoms with Crippen LogP contribution in [-0.4, -0.2) is 23.4 Å². The van der Waals surface area contributed by atoms with E-state index >= 15 is 0 Å². The molecule has 0 radical (unpaired) electrons. The molecule has 0 heterocycles. The van der Waals surface area contributed by atoms with E-state index in [0.717, 1.165) is 12.8 Å². The van der Waals surface area contributed by atoms with Crippen molar-refractivity contribution >= 4 is 0 Å². The van der Waals surface area contributed by atoms with Gasteiger partial charge in [0.1, 0.15) is 11.5 Å². The van der Waals surface area contributed by atoms with Crippen LogP contribution in [0.5, 0.6) is 11.5 Å². The van der Waals surface area contributed by atoms with Crippen molar-refractivity contribution in [1.82, 2.24) is 0 Å². The SMILES string of the molecule is COc1cccc(O)c1[C@@H](N)[C@@H](O)C1CC1. The first-order chi connectivity index (χ1) is 7.65. The minimum absolute atomic E-state index is 0.0755. The van der Waals surface area contributed by atoms with E-state index in [1.807, 2.05) is 0 Å². The number of phenolic OH excluding ortho intramolecular Hbond substituents is 1. The molecule has 0 aromatic heterocycles. The Morgan fingerprint density at radius 2 is 2.12 bits per heavy atom. The van der Waals surface area contributed by atoms with Crippen molar-refractivity contribution in [3.8, 4) is 11.5 Å². The number of nitrogens with two attached hydrogens (primary N) is 1. The Balaban J connectivity index is 2.30. The summed E-state index contributed by atoms with van der Waals surface area (Å²) in [5.74, 6) is 0.859. The lowest BCUT2D eigenvalue weighted by molar-refractivity contribution is 0.120. The van der Waals surface area contributed by atoms with E-state index < -0.39 is 12.1 Å².